The summed E-state index contributed by atoms with van der Waals surface area (Å²) in [7, 11) is 0. The van der Waals surface area contributed by atoms with E-state index in [-0.39, 0.29) is 12.3 Å². The van der Waals surface area contributed by atoms with Crippen molar-refractivity contribution in [3.8, 4) is 0 Å². The van der Waals surface area contributed by atoms with E-state index in [0.29, 0.717) is 12.3 Å². The van der Waals surface area contributed by atoms with Crippen molar-refractivity contribution in [1.29, 1.82) is 0 Å². The Labute approximate surface area is 100 Å². The zero-order chi connectivity index (χ0) is 12.4. The first-order valence-corrected chi connectivity index (χ1v) is 6.48. The van der Waals surface area contributed by atoms with Crippen LogP contribution in [0.25, 0.3) is 0 Å². The normalized spacial score (nSPS) is 11.2. The van der Waals surface area contributed by atoms with Crippen LogP contribution in [-0.2, 0) is 9.59 Å². The number of nitrogens with one attached hydrogen (secondary N) is 1. The van der Waals surface area contributed by atoms with Gasteiger partial charge in [0.25, 0.3) is 0 Å². The smallest absolute Gasteiger partial charge is 0.304 e. The summed E-state index contributed by atoms with van der Waals surface area (Å²) < 4.78 is 0. The minimum atomic E-state index is -0.779. The summed E-state index contributed by atoms with van der Waals surface area (Å²) in [5, 5.41) is 11.2. The van der Waals surface area contributed by atoms with Gasteiger partial charge in [-0.1, -0.05) is 13.0 Å². The second kappa shape index (κ2) is 9.27. The number of carboxylic acids is 1. The largest absolute Gasteiger partial charge is 0.481 e. The van der Waals surface area contributed by atoms with E-state index in [1.165, 1.54) is 11.8 Å². The van der Waals surface area contributed by atoms with E-state index in [9.17, 15) is 9.59 Å². The van der Waals surface area contributed by atoms with Gasteiger partial charge in [-0.05, 0) is 13.3 Å². The molecule has 0 rings (SSSR count). The topological polar surface area (TPSA) is 66.4 Å². The van der Waals surface area contributed by atoms with Gasteiger partial charge in [-0.3, -0.25) is 9.59 Å². The molecular formula is C11H19NO3S. The highest BCUT2D eigenvalue weighted by molar-refractivity contribution is 7.99. The average Bonchev–Trinajstić information content (AvgIpc) is 2.22. The SMILES string of the molecule is CC/C=C(/C)C(=O)NCCSCCC(=O)O. The molecule has 4 nitrogen and oxygen atoms in total. The fourth-order valence-corrected chi connectivity index (χ4v) is 1.81. The number of rotatable bonds is 8. The minimum Gasteiger partial charge on any atom is -0.481 e. The lowest BCUT2D eigenvalue weighted by Crippen LogP contribution is -2.26. The summed E-state index contributed by atoms with van der Waals surface area (Å²) in [6.45, 7) is 4.35. The Morgan fingerprint density at radius 2 is 2.06 bits per heavy atom. The predicted octanol–water partition coefficient (Wildman–Crippen LogP) is 1.67. The van der Waals surface area contributed by atoms with Crippen LogP contribution in [0.2, 0.25) is 0 Å². The molecule has 0 aromatic rings. The number of carbonyl (C=O) groups is 2. The predicted molar refractivity (Wildman–Crippen MR) is 66.6 cm³/mol. The monoisotopic (exact) mass is 245 g/mol. The van der Waals surface area contributed by atoms with E-state index >= 15 is 0 Å². The van der Waals surface area contributed by atoms with Crippen molar-refractivity contribution >= 4 is 23.6 Å². The van der Waals surface area contributed by atoms with Gasteiger partial charge in [-0.15, -0.1) is 0 Å². The van der Waals surface area contributed by atoms with Gasteiger partial charge in [-0.25, -0.2) is 0 Å². The maximum atomic E-state index is 11.4. The maximum Gasteiger partial charge on any atom is 0.304 e. The molecule has 0 aromatic heterocycles. The molecule has 92 valence electrons. The van der Waals surface area contributed by atoms with Gasteiger partial charge in [0.05, 0.1) is 6.42 Å². The van der Waals surface area contributed by atoms with Gasteiger partial charge in [0.15, 0.2) is 0 Å². The molecule has 0 bridgehead atoms. The fourth-order valence-electron chi connectivity index (χ4n) is 1.04. The Morgan fingerprint density at radius 3 is 2.62 bits per heavy atom. The first kappa shape index (κ1) is 15.0. The summed E-state index contributed by atoms with van der Waals surface area (Å²) >= 11 is 1.53. The van der Waals surface area contributed by atoms with Crippen LogP contribution >= 0.6 is 11.8 Å². The van der Waals surface area contributed by atoms with Crippen LogP contribution in [0.5, 0.6) is 0 Å². The third kappa shape index (κ3) is 8.35. The number of thioether (sulfide) groups is 1. The highest BCUT2D eigenvalue weighted by Crippen LogP contribution is 2.01. The molecule has 0 unspecified atom stereocenters. The summed E-state index contributed by atoms with van der Waals surface area (Å²) in [4.78, 5) is 21.6. The molecule has 0 spiro atoms. The van der Waals surface area contributed by atoms with Crippen LogP contribution in [0.15, 0.2) is 11.6 Å². The summed E-state index contributed by atoms with van der Waals surface area (Å²) in [5.74, 6) is 0.520. The third-order valence-corrected chi connectivity index (χ3v) is 2.85. The minimum absolute atomic E-state index is 0.0410. The summed E-state index contributed by atoms with van der Waals surface area (Å²) in [6.07, 6.45) is 2.91. The van der Waals surface area contributed by atoms with E-state index in [1.807, 2.05) is 13.0 Å². The molecule has 16 heavy (non-hydrogen) atoms. The molecule has 0 aliphatic carbocycles. The third-order valence-electron chi connectivity index (χ3n) is 1.86. The zero-order valence-electron chi connectivity index (χ0n) is 9.78. The molecular weight excluding hydrogens is 226 g/mol. The summed E-state index contributed by atoms with van der Waals surface area (Å²) in [6, 6.07) is 0. The van der Waals surface area contributed by atoms with Crippen molar-refractivity contribution in [2.24, 2.45) is 0 Å². The second-order valence-corrected chi connectivity index (χ2v) is 4.53. The van der Waals surface area contributed by atoms with Crippen molar-refractivity contribution in [3.63, 3.8) is 0 Å². The van der Waals surface area contributed by atoms with E-state index in [1.54, 1.807) is 6.92 Å². The Balaban J connectivity index is 3.48. The quantitative estimate of drug-likeness (QED) is 0.504. The molecule has 0 saturated carbocycles. The lowest BCUT2D eigenvalue weighted by atomic mass is 10.2. The number of carbonyl (C=O) groups excluding carboxylic acids is 1. The Kier molecular flexibility index (Phi) is 8.71. The lowest BCUT2D eigenvalue weighted by molar-refractivity contribution is -0.136. The number of aliphatic carboxylic acids is 1. The molecule has 0 atom stereocenters. The highest BCUT2D eigenvalue weighted by Gasteiger charge is 2.02. The van der Waals surface area contributed by atoms with Gasteiger partial charge in [0.2, 0.25) is 5.91 Å². The van der Waals surface area contributed by atoms with Crippen LogP contribution in [0, 0.1) is 0 Å². The van der Waals surface area contributed by atoms with Crippen molar-refractivity contribution in [2.45, 2.75) is 26.7 Å². The van der Waals surface area contributed by atoms with Crippen LogP contribution in [0.3, 0.4) is 0 Å². The maximum absolute atomic E-state index is 11.4. The Bertz CT molecular complexity index is 264. The Hall–Kier alpha value is -0.970. The zero-order valence-corrected chi connectivity index (χ0v) is 10.6. The second-order valence-electron chi connectivity index (χ2n) is 3.31. The average molecular weight is 245 g/mol. The van der Waals surface area contributed by atoms with Crippen LogP contribution < -0.4 is 5.32 Å². The van der Waals surface area contributed by atoms with Crippen LogP contribution in [-0.4, -0.2) is 35.0 Å². The Morgan fingerprint density at radius 1 is 1.38 bits per heavy atom. The first-order valence-electron chi connectivity index (χ1n) is 5.32. The lowest BCUT2D eigenvalue weighted by Gasteiger charge is -2.04. The molecule has 0 aliphatic heterocycles. The van der Waals surface area contributed by atoms with Gasteiger partial charge >= 0.3 is 5.97 Å². The van der Waals surface area contributed by atoms with Crippen molar-refractivity contribution in [2.75, 3.05) is 18.1 Å². The standard InChI is InChI=1S/C11H19NO3S/c1-3-4-9(2)11(15)12-6-8-16-7-5-10(13)14/h4H,3,5-8H2,1-2H3,(H,12,15)(H,13,14)/b9-4-. The van der Waals surface area contributed by atoms with Gasteiger partial charge < -0.3 is 10.4 Å². The molecule has 0 fully saturated rings. The van der Waals surface area contributed by atoms with E-state index in [2.05, 4.69) is 5.32 Å². The van der Waals surface area contributed by atoms with Crippen LogP contribution in [0.4, 0.5) is 0 Å². The number of allylic oxidation sites excluding steroid dienone is 1. The number of amides is 1. The fraction of sp³-hybridized carbons (Fsp3) is 0.636. The summed E-state index contributed by atoms with van der Waals surface area (Å²) in [5.41, 5.74) is 0.734. The molecule has 2 N–H and O–H groups in total. The molecule has 1 amide bonds. The van der Waals surface area contributed by atoms with E-state index in [0.717, 1.165) is 17.7 Å². The van der Waals surface area contributed by atoms with Crippen LogP contribution in [0.1, 0.15) is 26.7 Å². The number of hydrogen-bond acceptors (Lipinski definition) is 3. The molecule has 0 aromatic carbocycles. The molecule has 0 saturated heterocycles. The first-order chi connectivity index (χ1) is 7.57. The molecule has 0 aliphatic rings. The van der Waals surface area contributed by atoms with Crippen molar-refractivity contribution in [1.82, 2.24) is 5.32 Å². The van der Waals surface area contributed by atoms with Crippen molar-refractivity contribution < 1.29 is 14.7 Å². The van der Waals surface area contributed by atoms with E-state index < -0.39 is 5.97 Å². The van der Waals surface area contributed by atoms with Gasteiger partial charge in [-0.2, -0.15) is 11.8 Å². The van der Waals surface area contributed by atoms with E-state index in [4.69, 9.17) is 5.11 Å². The van der Waals surface area contributed by atoms with Gasteiger partial charge in [0.1, 0.15) is 0 Å². The highest BCUT2D eigenvalue weighted by atomic mass is 32.2. The number of carboxylic acid groups (broad SMARTS) is 1. The van der Waals surface area contributed by atoms with Crippen molar-refractivity contribution in [3.05, 3.63) is 11.6 Å². The molecule has 0 heterocycles. The number of hydrogen-bond donors (Lipinski definition) is 2. The molecule has 5 heteroatoms. The molecule has 0 radical (unpaired) electrons. The van der Waals surface area contributed by atoms with Gasteiger partial charge in [0, 0.05) is 23.6 Å².